The number of hydrogen-bond donors (Lipinski definition) is 0. The Kier molecular flexibility index (Phi) is 6.24. The summed E-state index contributed by atoms with van der Waals surface area (Å²) in [5, 5.41) is 10.5. The van der Waals surface area contributed by atoms with Gasteiger partial charge in [-0.25, -0.2) is 4.79 Å². The standard InChI is InChI=1S/C13H16N2O4.ClH/c16-13(14-8-2-1-3-9-14)19-10-11-4-6-12(7-5-11)15(17)18;/h4-7H,1-3,8-10H2;1H. The molecule has 1 saturated heterocycles. The van der Waals surface area contributed by atoms with Gasteiger partial charge >= 0.3 is 6.09 Å². The molecular weight excluding hydrogens is 284 g/mol. The third-order valence-electron chi connectivity index (χ3n) is 3.12. The molecule has 0 N–H and O–H groups in total. The lowest BCUT2D eigenvalue weighted by molar-refractivity contribution is -0.384. The number of non-ortho nitro benzene ring substituents is 1. The fraction of sp³-hybridized carbons (Fsp3) is 0.462. The Morgan fingerprint density at radius 3 is 2.35 bits per heavy atom. The van der Waals surface area contributed by atoms with Crippen molar-refractivity contribution in [2.24, 2.45) is 0 Å². The maximum Gasteiger partial charge on any atom is 0.410 e. The van der Waals surface area contributed by atoms with E-state index in [2.05, 4.69) is 0 Å². The van der Waals surface area contributed by atoms with Crippen LogP contribution in [0.3, 0.4) is 0 Å². The molecule has 2 rings (SSSR count). The van der Waals surface area contributed by atoms with Gasteiger partial charge in [-0.05, 0) is 37.0 Å². The van der Waals surface area contributed by atoms with Crippen molar-refractivity contribution in [3.05, 3.63) is 39.9 Å². The highest BCUT2D eigenvalue weighted by Crippen LogP contribution is 2.14. The van der Waals surface area contributed by atoms with Gasteiger partial charge in [-0.2, -0.15) is 0 Å². The zero-order valence-corrected chi connectivity index (χ0v) is 11.8. The molecule has 0 aromatic heterocycles. The van der Waals surface area contributed by atoms with Crippen LogP contribution in [0.5, 0.6) is 0 Å². The molecule has 1 aliphatic rings. The van der Waals surface area contributed by atoms with Crippen LogP contribution in [0.25, 0.3) is 0 Å². The monoisotopic (exact) mass is 300 g/mol. The molecule has 1 fully saturated rings. The lowest BCUT2D eigenvalue weighted by Crippen LogP contribution is -2.35. The first-order valence-corrected chi connectivity index (χ1v) is 6.32. The number of nitro benzene ring substituents is 1. The lowest BCUT2D eigenvalue weighted by atomic mass is 10.1. The van der Waals surface area contributed by atoms with Gasteiger partial charge in [0.25, 0.3) is 5.69 Å². The number of carbonyl (C=O) groups is 1. The second-order valence-electron chi connectivity index (χ2n) is 4.53. The number of nitro groups is 1. The van der Waals surface area contributed by atoms with Gasteiger partial charge in [0, 0.05) is 25.2 Å². The van der Waals surface area contributed by atoms with Crippen molar-refractivity contribution < 1.29 is 14.5 Å². The van der Waals surface area contributed by atoms with Crippen LogP contribution in [-0.4, -0.2) is 29.0 Å². The number of amides is 1. The van der Waals surface area contributed by atoms with E-state index in [4.69, 9.17) is 4.74 Å². The molecule has 0 aliphatic carbocycles. The quantitative estimate of drug-likeness (QED) is 0.635. The number of piperidine rings is 1. The van der Waals surface area contributed by atoms with E-state index in [9.17, 15) is 14.9 Å². The Morgan fingerprint density at radius 2 is 1.80 bits per heavy atom. The first-order valence-electron chi connectivity index (χ1n) is 6.32. The molecule has 0 bridgehead atoms. The van der Waals surface area contributed by atoms with Gasteiger partial charge in [0.15, 0.2) is 0 Å². The summed E-state index contributed by atoms with van der Waals surface area (Å²) in [5.74, 6) is 0. The molecule has 0 spiro atoms. The van der Waals surface area contributed by atoms with Gasteiger partial charge in [0.2, 0.25) is 0 Å². The number of halogens is 1. The summed E-state index contributed by atoms with van der Waals surface area (Å²) in [6.07, 6.45) is 2.89. The fourth-order valence-electron chi connectivity index (χ4n) is 2.03. The highest BCUT2D eigenvalue weighted by Gasteiger charge is 2.17. The van der Waals surface area contributed by atoms with Crippen molar-refractivity contribution in [2.75, 3.05) is 13.1 Å². The van der Waals surface area contributed by atoms with Crippen LogP contribution in [0.1, 0.15) is 24.8 Å². The molecule has 110 valence electrons. The predicted molar refractivity (Wildman–Crippen MR) is 76.0 cm³/mol. The van der Waals surface area contributed by atoms with E-state index in [1.54, 1.807) is 17.0 Å². The third kappa shape index (κ3) is 4.38. The van der Waals surface area contributed by atoms with E-state index in [1.165, 1.54) is 12.1 Å². The summed E-state index contributed by atoms with van der Waals surface area (Å²) in [6.45, 7) is 1.64. The minimum atomic E-state index is -0.455. The number of nitrogens with zero attached hydrogens (tertiary/aromatic N) is 2. The van der Waals surface area contributed by atoms with Crippen LogP contribution in [0.2, 0.25) is 0 Å². The van der Waals surface area contributed by atoms with Crippen LogP contribution in [0.15, 0.2) is 24.3 Å². The van der Waals surface area contributed by atoms with Crippen molar-refractivity contribution in [2.45, 2.75) is 25.9 Å². The van der Waals surface area contributed by atoms with Crippen molar-refractivity contribution in [3.63, 3.8) is 0 Å². The molecule has 0 unspecified atom stereocenters. The Morgan fingerprint density at radius 1 is 1.20 bits per heavy atom. The molecule has 0 saturated carbocycles. The predicted octanol–water partition coefficient (Wildman–Crippen LogP) is 3.14. The van der Waals surface area contributed by atoms with Crippen LogP contribution in [-0.2, 0) is 11.3 Å². The van der Waals surface area contributed by atoms with E-state index in [0.717, 1.165) is 37.9 Å². The Labute approximate surface area is 123 Å². The highest BCUT2D eigenvalue weighted by atomic mass is 35.5. The molecule has 1 aliphatic heterocycles. The van der Waals surface area contributed by atoms with Gasteiger partial charge in [-0.1, -0.05) is 0 Å². The maximum atomic E-state index is 11.7. The van der Waals surface area contributed by atoms with E-state index in [1.807, 2.05) is 0 Å². The summed E-state index contributed by atoms with van der Waals surface area (Å²) in [6, 6.07) is 6.01. The molecule has 7 heteroatoms. The summed E-state index contributed by atoms with van der Waals surface area (Å²) in [7, 11) is 0. The van der Waals surface area contributed by atoms with Gasteiger partial charge in [0.05, 0.1) is 4.92 Å². The number of carbonyl (C=O) groups excluding carboxylic acids is 1. The van der Waals surface area contributed by atoms with Crippen molar-refractivity contribution in [3.8, 4) is 0 Å². The average molecular weight is 301 g/mol. The molecule has 1 aromatic rings. The number of rotatable bonds is 3. The Balaban J connectivity index is 0.00000200. The largest absolute Gasteiger partial charge is 0.445 e. The van der Waals surface area contributed by atoms with Gasteiger partial charge in [-0.3, -0.25) is 10.1 Å². The first-order chi connectivity index (χ1) is 9.16. The molecule has 0 radical (unpaired) electrons. The highest BCUT2D eigenvalue weighted by molar-refractivity contribution is 5.85. The number of benzene rings is 1. The Hall–Kier alpha value is -1.82. The summed E-state index contributed by atoms with van der Waals surface area (Å²) >= 11 is 0. The number of hydrogen-bond acceptors (Lipinski definition) is 4. The van der Waals surface area contributed by atoms with Crippen molar-refractivity contribution in [1.29, 1.82) is 0 Å². The van der Waals surface area contributed by atoms with Crippen molar-refractivity contribution in [1.82, 2.24) is 4.90 Å². The molecule has 1 amide bonds. The molecule has 1 heterocycles. The van der Waals surface area contributed by atoms with Gasteiger partial charge < -0.3 is 9.64 Å². The van der Waals surface area contributed by atoms with Crippen molar-refractivity contribution >= 4 is 24.2 Å². The topological polar surface area (TPSA) is 72.7 Å². The smallest absolute Gasteiger partial charge is 0.410 e. The molecule has 20 heavy (non-hydrogen) atoms. The summed E-state index contributed by atoms with van der Waals surface area (Å²) in [5.41, 5.74) is 0.780. The maximum absolute atomic E-state index is 11.7. The van der Waals surface area contributed by atoms with Gasteiger partial charge in [-0.15, -0.1) is 12.4 Å². The fourth-order valence-corrected chi connectivity index (χ4v) is 2.03. The number of likely N-dealkylation sites (tertiary alicyclic amines) is 1. The van der Waals surface area contributed by atoms with E-state index >= 15 is 0 Å². The second kappa shape index (κ2) is 7.69. The van der Waals surface area contributed by atoms with E-state index in [-0.39, 0.29) is 30.8 Å². The molecular formula is C13H17ClN2O4. The molecule has 6 nitrogen and oxygen atoms in total. The van der Waals surface area contributed by atoms with Crippen LogP contribution in [0, 0.1) is 10.1 Å². The SMILES string of the molecule is Cl.O=C(OCc1ccc([N+](=O)[O-])cc1)N1CCCCC1. The Bertz CT molecular complexity index is 458. The van der Waals surface area contributed by atoms with Crippen LogP contribution in [0.4, 0.5) is 10.5 Å². The van der Waals surface area contributed by atoms with Crippen LogP contribution < -0.4 is 0 Å². The first kappa shape index (κ1) is 16.2. The molecule has 1 aromatic carbocycles. The third-order valence-corrected chi connectivity index (χ3v) is 3.12. The zero-order valence-electron chi connectivity index (χ0n) is 11.0. The molecule has 0 atom stereocenters. The summed E-state index contributed by atoms with van der Waals surface area (Å²) in [4.78, 5) is 23.5. The average Bonchev–Trinajstić information content (AvgIpc) is 2.46. The van der Waals surface area contributed by atoms with Crippen LogP contribution >= 0.6 is 12.4 Å². The number of ether oxygens (including phenoxy) is 1. The zero-order chi connectivity index (χ0) is 13.7. The van der Waals surface area contributed by atoms with E-state index < -0.39 is 4.92 Å². The second-order valence-corrected chi connectivity index (χ2v) is 4.53. The van der Waals surface area contributed by atoms with Gasteiger partial charge in [0.1, 0.15) is 6.61 Å². The summed E-state index contributed by atoms with van der Waals surface area (Å²) < 4.78 is 5.19. The normalized spacial score (nSPS) is 14.3. The minimum absolute atomic E-state index is 0. The minimum Gasteiger partial charge on any atom is -0.445 e. The van der Waals surface area contributed by atoms with E-state index in [0.29, 0.717) is 0 Å². The lowest BCUT2D eigenvalue weighted by Gasteiger charge is -2.25.